The number of primary amides is 1. The molecule has 1 aliphatic heterocycles. The summed E-state index contributed by atoms with van der Waals surface area (Å²) in [5, 5.41) is 29.2. The van der Waals surface area contributed by atoms with Crippen LogP contribution in [0.1, 0.15) is 42.5 Å². The molecule has 5 N–H and O–H groups in total. The van der Waals surface area contributed by atoms with Gasteiger partial charge in [0.1, 0.15) is 23.0 Å². The Morgan fingerprint density at radius 1 is 1.20 bits per heavy atom. The highest BCUT2D eigenvalue weighted by Gasteiger charge is 2.51. The fourth-order valence-corrected chi connectivity index (χ4v) is 4.99. The van der Waals surface area contributed by atoms with Crippen molar-refractivity contribution < 1.29 is 46.2 Å². The Morgan fingerprint density at radius 2 is 1.98 bits per heavy atom. The molecule has 3 heterocycles. The van der Waals surface area contributed by atoms with Crippen molar-refractivity contribution in [3.63, 3.8) is 0 Å². The molecular formula is C29H27F5N6O5. The largest absolute Gasteiger partial charge is 0.494 e. The predicted octanol–water partition coefficient (Wildman–Crippen LogP) is 4.09. The summed E-state index contributed by atoms with van der Waals surface area (Å²) in [6.07, 6.45) is -5.24. The zero-order chi connectivity index (χ0) is 32.5. The highest BCUT2D eigenvalue weighted by molar-refractivity contribution is 5.87. The smallest absolute Gasteiger partial charge is 0.417 e. The van der Waals surface area contributed by atoms with Crippen LogP contribution in [-0.2, 0) is 23.1 Å². The third-order valence-electron chi connectivity index (χ3n) is 7.20. The first kappa shape index (κ1) is 31.6. The number of aromatic nitrogens is 3. The second-order valence-electron chi connectivity index (χ2n) is 10.2. The van der Waals surface area contributed by atoms with Gasteiger partial charge >= 0.3 is 6.18 Å². The van der Waals surface area contributed by atoms with Crippen LogP contribution in [0.4, 0.5) is 22.0 Å². The second-order valence-corrected chi connectivity index (χ2v) is 10.2. The number of hydrogen-bond donors (Lipinski definition) is 4. The number of benzene rings is 2. The van der Waals surface area contributed by atoms with Gasteiger partial charge in [-0.2, -0.15) is 18.3 Å². The summed E-state index contributed by atoms with van der Waals surface area (Å²) in [6, 6.07) is 7.90. The van der Waals surface area contributed by atoms with Gasteiger partial charge in [-0.3, -0.25) is 9.80 Å². The molecule has 2 atom stereocenters. The number of imidazole rings is 1. The molecule has 4 aromatic rings. The number of halogens is 5. The minimum Gasteiger partial charge on any atom is -0.494 e. The molecule has 5 rings (SSSR count). The summed E-state index contributed by atoms with van der Waals surface area (Å²) in [5.41, 5.74) is 2.20. The van der Waals surface area contributed by atoms with Crippen LogP contribution in [-0.4, -0.2) is 61.8 Å². The standard InChI is InChI=1S/C29H27F5N6O5/c1-2-8-44-16-6-7-17(19(9-16)29(32,33)34)21-10-24(45-39-21)28(27(35)43,11-15(42)14-41)40-13-23-22(12-36-40)37-26(38-23)18-4-3-5-20(30)25(18)31/h3-7,9-10,12,15,41-42H,2,8,11,13-14H2,1H3,(H2,35,43)(H,37,38). The van der Waals surface area contributed by atoms with E-state index in [1.54, 1.807) is 6.92 Å². The first-order valence-corrected chi connectivity index (χ1v) is 13.6. The fourth-order valence-electron chi connectivity index (χ4n) is 4.99. The Balaban J connectivity index is 1.57. The lowest BCUT2D eigenvalue weighted by molar-refractivity contribution is -0.137. The first-order valence-electron chi connectivity index (χ1n) is 13.6. The Hall–Kier alpha value is -4.83. The zero-order valence-electron chi connectivity index (χ0n) is 23.6. The molecule has 0 radical (unpaired) electrons. The van der Waals surface area contributed by atoms with Crippen LogP contribution in [0, 0.1) is 11.6 Å². The highest BCUT2D eigenvalue weighted by Crippen LogP contribution is 2.42. The number of hydrazone groups is 1. The van der Waals surface area contributed by atoms with Crippen molar-refractivity contribution in [2.24, 2.45) is 10.8 Å². The molecular weight excluding hydrogens is 607 g/mol. The van der Waals surface area contributed by atoms with Gasteiger partial charge in [-0.15, -0.1) is 0 Å². The van der Waals surface area contributed by atoms with E-state index in [-0.39, 0.29) is 58.7 Å². The van der Waals surface area contributed by atoms with Crippen molar-refractivity contribution in [2.75, 3.05) is 13.2 Å². The Labute approximate surface area is 252 Å². The fraction of sp³-hybridized carbons (Fsp3) is 0.310. The number of ether oxygens (including phenoxy) is 1. The molecule has 2 aromatic carbocycles. The van der Waals surface area contributed by atoms with E-state index in [1.165, 1.54) is 24.4 Å². The molecule has 0 bridgehead atoms. The third-order valence-corrected chi connectivity index (χ3v) is 7.20. The van der Waals surface area contributed by atoms with Crippen LogP contribution >= 0.6 is 0 Å². The van der Waals surface area contributed by atoms with E-state index in [9.17, 15) is 37.0 Å². The van der Waals surface area contributed by atoms with E-state index in [0.717, 1.165) is 29.3 Å². The Kier molecular flexibility index (Phi) is 8.62. The van der Waals surface area contributed by atoms with Crippen LogP contribution in [0.3, 0.4) is 0 Å². The molecule has 0 saturated heterocycles. The molecule has 2 unspecified atom stereocenters. The maximum absolute atomic E-state index is 14.5. The number of amides is 1. The maximum atomic E-state index is 14.5. The molecule has 45 heavy (non-hydrogen) atoms. The molecule has 0 fully saturated rings. The van der Waals surface area contributed by atoms with Crippen molar-refractivity contribution in [1.82, 2.24) is 20.1 Å². The van der Waals surface area contributed by atoms with Gasteiger partial charge in [0.2, 0.25) is 0 Å². The van der Waals surface area contributed by atoms with E-state index in [1.807, 2.05) is 0 Å². The highest BCUT2D eigenvalue weighted by atomic mass is 19.4. The molecule has 2 aromatic heterocycles. The minimum absolute atomic E-state index is 0.00954. The number of nitrogens with one attached hydrogen (secondary N) is 1. The number of nitrogens with zero attached hydrogens (tertiary/aromatic N) is 4. The van der Waals surface area contributed by atoms with Gasteiger partial charge in [-0.1, -0.05) is 18.1 Å². The van der Waals surface area contributed by atoms with Gasteiger partial charge < -0.3 is 30.2 Å². The second kappa shape index (κ2) is 12.3. The SMILES string of the molecule is CCCOc1ccc(-c2cc(C(CC(O)CO)(C(N)=O)N3Cc4[nH]c(-c5cccc(F)c5F)nc4C=N3)on2)c(C(F)(F)F)c1. The molecule has 0 saturated carbocycles. The van der Waals surface area contributed by atoms with Crippen LogP contribution in [0.2, 0.25) is 0 Å². The number of carbonyl (C=O) groups excluding carboxylic acids is 1. The lowest BCUT2D eigenvalue weighted by Crippen LogP contribution is -2.55. The van der Waals surface area contributed by atoms with Gasteiger partial charge in [0, 0.05) is 18.1 Å². The Morgan fingerprint density at radius 3 is 2.67 bits per heavy atom. The van der Waals surface area contributed by atoms with Gasteiger partial charge in [0.15, 0.2) is 22.9 Å². The predicted molar refractivity (Wildman–Crippen MR) is 148 cm³/mol. The van der Waals surface area contributed by atoms with Gasteiger partial charge in [0.05, 0.1) is 48.9 Å². The van der Waals surface area contributed by atoms with E-state index < -0.39 is 54.0 Å². The molecule has 238 valence electrons. The van der Waals surface area contributed by atoms with E-state index in [4.69, 9.17) is 15.0 Å². The van der Waals surface area contributed by atoms with Crippen LogP contribution in [0.25, 0.3) is 22.6 Å². The lowest BCUT2D eigenvalue weighted by Gasteiger charge is -2.39. The van der Waals surface area contributed by atoms with Crippen molar-refractivity contribution in [2.45, 2.75) is 44.1 Å². The molecule has 0 spiro atoms. The number of carbonyl (C=O) groups is 1. The summed E-state index contributed by atoms with van der Waals surface area (Å²) in [6.45, 7) is 0.900. The number of aromatic amines is 1. The quantitative estimate of drug-likeness (QED) is 0.179. The van der Waals surface area contributed by atoms with Crippen LogP contribution < -0.4 is 10.5 Å². The average molecular weight is 635 g/mol. The molecule has 11 nitrogen and oxygen atoms in total. The summed E-state index contributed by atoms with van der Waals surface area (Å²) >= 11 is 0. The van der Waals surface area contributed by atoms with Crippen molar-refractivity contribution >= 4 is 12.1 Å². The molecule has 1 aliphatic rings. The number of hydrogen-bond acceptors (Lipinski definition) is 9. The maximum Gasteiger partial charge on any atom is 0.417 e. The van der Waals surface area contributed by atoms with Crippen LogP contribution in [0.5, 0.6) is 5.75 Å². The first-order chi connectivity index (χ1) is 21.4. The van der Waals surface area contributed by atoms with E-state index >= 15 is 0 Å². The number of alkyl halides is 3. The summed E-state index contributed by atoms with van der Waals surface area (Å²) in [7, 11) is 0. The normalized spacial score (nSPS) is 15.1. The zero-order valence-corrected chi connectivity index (χ0v) is 23.6. The number of H-pyrrole nitrogens is 1. The van der Waals surface area contributed by atoms with Crippen molar-refractivity contribution in [3.8, 4) is 28.4 Å². The van der Waals surface area contributed by atoms with E-state index in [0.29, 0.717) is 6.42 Å². The van der Waals surface area contributed by atoms with Gasteiger partial charge in [-0.25, -0.2) is 13.8 Å². The van der Waals surface area contributed by atoms with Crippen molar-refractivity contribution in [3.05, 3.63) is 76.8 Å². The summed E-state index contributed by atoms with van der Waals surface area (Å²) < 4.78 is 81.4. The van der Waals surface area contributed by atoms with Gasteiger partial charge in [0.25, 0.3) is 5.91 Å². The Bertz CT molecular complexity index is 1740. The average Bonchev–Trinajstić information content (AvgIpc) is 3.67. The van der Waals surface area contributed by atoms with E-state index in [2.05, 4.69) is 20.2 Å². The minimum atomic E-state index is -4.82. The number of rotatable bonds is 11. The molecule has 0 aliphatic carbocycles. The summed E-state index contributed by atoms with van der Waals surface area (Å²) in [4.78, 5) is 20.3. The van der Waals surface area contributed by atoms with Gasteiger partial charge in [-0.05, 0) is 36.8 Å². The van der Waals surface area contributed by atoms with Crippen molar-refractivity contribution in [1.29, 1.82) is 0 Å². The topological polar surface area (TPSA) is 163 Å². The number of fused-ring (bicyclic) bond motifs is 1. The number of aliphatic hydroxyl groups is 2. The molecule has 16 heteroatoms. The summed E-state index contributed by atoms with van der Waals surface area (Å²) in [5.74, 6) is -3.82. The van der Waals surface area contributed by atoms with Crippen LogP contribution in [0.15, 0.2) is 52.1 Å². The monoisotopic (exact) mass is 634 g/mol. The molecule has 1 amide bonds. The number of nitrogens with two attached hydrogens (primary N) is 1. The lowest BCUT2D eigenvalue weighted by atomic mass is 9.86. The third kappa shape index (κ3) is 5.98. The number of aliphatic hydroxyl groups excluding tert-OH is 2.